The zero-order valence-electron chi connectivity index (χ0n) is 18.9. The first-order valence-electron chi connectivity index (χ1n) is 10.3. The van der Waals surface area contributed by atoms with Crippen molar-refractivity contribution in [2.24, 2.45) is 0 Å². The fourth-order valence-corrected chi connectivity index (χ4v) is 5.15. The Bertz CT molecular complexity index is 1310. The number of carbonyl (C=O) groups excluding carboxylic acids is 1. The Kier molecular flexibility index (Phi) is 7.66. The van der Waals surface area contributed by atoms with Crippen LogP contribution in [0.4, 0.5) is 5.13 Å². The molecule has 1 aromatic heterocycles. The average Bonchev–Trinajstić information content (AvgIpc) is 3.32. The molecule has 0 fully saturated rings. The van der Waals surface area contributed by atoms with E-state index >= 15 is 0 Å². The van der Waals surface area contributed by atoms with Crippen molar-refractivity contribution in [3.8, 4) is 17.2 Å². The van der Waals surface area contributed by atoms with Gasteiger partial charge in [0.25, 0.3) is 0 Å². The summed E-state index contributed by atoms with van der Waals surface area (Å²) < 4.78 is 16.8. The molecule has 1 N–H and O–H groups in total. The number of aromatic nitrogens is 2. The maximum absolute atomic E-state index is 12.4. The quantitative estimate of drug-likeness (QED) is 0.183. The Morgan fingerprint density at radius 1 is 1.00 bits per heavy atom. The number of anilines is 1. The van der Waals surface area contributed by atoms with Crippen LogP contribution in [0.5, 0.6) is 17.2 Å². The number of carbonyl (C=O) groups is 1. The van der Waals surface area contributed by atoms with Crippen LogP contribution in [-0.4, -0.2) is 37.4 Å². The Morgan fingerprint density at radius 2 is 1.74 bits per heavy atom. The third-order valence-electron chi connectivity index (χ3n) is 4.98. The van der Waals surface area contributed by atoms with Gasteiger partial charge in [-0.25, -0.2) is 0 Å². The molecule has 0 unspecified atom stereocenters. The summed E-state index contributed by atoms with van der Waals surface area (Å²) in [6.07, 6.45) is 3.09. The molecule has 3 aromatic carbocycles. The van der Waals surface area contributed by atoms with E-state index in [-0.39, 0.29) is 5.91 Å². The SMILES string of the molecule is COc1cc(/C=C/C(=O)Nc2nnc(SCc3cccc4ccccc34)s2)cc(OC)c1OC. The van der Waals surface area contributed by atoms with Gasteiger partial charge in [-0.1, -0.05) is 65.6 Å². The third-order valence-corrected chi connectivity index (χ3v) is 7.00. The standard InChI is InChI=1S/C25H23N3O4S2/c1-30-20-13-16(14-21(31-2)23(20)32-3)11-12-22(29)26-24-27-28-25(34-24)33-15-18-9-6-8-17-7-4-5-10-19(17)18/h4-14H,15H2,1-3H3,(H,26,27,29)/b12-11+. The van der Waals surface area contributed by atoms with Crippen molar-refractivity contribution >= 4 is 51.0 Å². The second-order valence-corrected chi connectivity index (χ2v) is 9.28. The number of hydrogen-bond acceptors (Lipinski definition) is 8. The van der Waals surface area contributed by atoms with Crippen molar-refractivity contribution in [2.45, 2.75) is 10.1 Å². The smallest absolute Gasteiger partial charge is 0.250 e. The van der Waals surface area contributed by atoms with Crippen LogP contribution in [0, 0.1) is 0 Å². The summed E-state index contributed by atoms with van der Waals surface area (Å²) in [4.78, 5) is 12.4. The minimum absolute atomic E-state index is 0.310. The molecule has 0 aliphatic carbocycles. The van der Waals surface area contributed by atoms with Gasteiger partial charge >= 0.3 is 0 Å². The van der Waals surface area contributed by atoms with Crippen LogP contribution < -0.4 is 19.5 Å². The maximum Gasteiger partial charge on any atom is 0.250 e. The van der Waals surface area contributed by atoms with Gasteiger partial charge in [0, 0.05) is 11.8 Å². The predicted molar refractivity (Wildman–Crippen MR) is 137 cm³/mol. The van der Waals surface area contributed by atoms with Crippen LogP contribution in [0.3, 0.4) is 0 Å². The number of ether oxygens (including phenoxy) is 3. The summed E-state index contributed by atoms with van der Waals surface area (Å²) in [7, 11) is 4.63. The second-order valence-electron chi connectivity index (χ2n) is 7.08. The second kappa shape index (κ2) is 11.0. The third kappa shape index (κ3) is 5.49. The minimum atomic E-state index is -0.310. The van der Waals surface area contributed by atoms with E-state index in [1.807, 2.05) is 12.1 Å². The number of thioether (sulfide) groups is 1. The molecule has 0 aliphatic rings. The number of methoxy groups -OCH3 is 3. The van der Waals surface area contributed by atoms with Crippen molar-refractivity contribution in [1.82, 2.24) is 10.2 Å². The number of fused-ring (bicyclic) bond motifs is 1. The Balaban J connectivity index is 1.38. The first kappa shape index (κ1) is 23.6. The highest BCUT2D eigenvalue weighted by atomic mass is 32.2. The predicted octanol–water partition coefficient (Wildman–Crippen LogP) is 5.66. The lowest BCUT2D eigenvalue weighted by Crippen LogP contribution is -2.07. The highest BCUT2D eigenvalue weighted by molar-refractivity contribution is 8.00. The molecule has 1 amide bonds. The number of amides is 1. The van der Waals surface area contributed by atoms with Gasteiger partial charge in [0.05, 0.1) is 21.3 Å². The van der Waals surface area contributed by atoms with Crippen LogP contribution in [0.2, 0.25) is 0 Å². The molecule has 34 heavy (non-hydrogen) atoms. The Morgan fingerprint density at radius 3 is 2.47 bits per heavy atom. The molecule has 0 aliphatic heterocycles. The van der Waals surface area contributed by atoms with Gasteiger partial charge in [0.2, 0.25) is 16.8 Å². The molecule has 174 valence electrons. The molecule has 0 radical (unpaired) electrons. The van der Waals surface area contributed by atoms with E-state index in [1.54, 1.807) is 51.3 Å². The number of nitrogens with zero attached hydrogens (tertiary/aromatic N) is 2. The van der Waals surface area contributed by atoms with Crippen LogP contribution in [-0.2, 0) is 10.5 Å². The summed E-state index contributed by atoms with van der Waals surface area (Å²) in [5, 5.41) is 13.9. The molecule has 0 atom stereocenters. The van der Waals surface area contributed by atoms with Crippen LogP contribution >= 0.6 is 23.1 Å². The number of rotatable bonds is 9. The lowest BCUT2D eigenvalue weighted by Gasteiger charge is -2.12. The molecule has 7 nitrogen and oxygen atoms in total. The monoisotopic (exact) mass is 493 g/mol. The molecule has 4 rings (SSSR count). The molecular weight excluding hydrogens is 470 g/mol. The maximum atomic E-state index is 12.4. The van der Waals surface area contributed by atoms with Gasteiger partial charge in [-0.05, 0) is 40.1 Å². The topological polar surface area (TPSA) is 82.6 Å². The number of hydrogen-bond donors (Lipinski definition) is 1. The first-order chi connectivity index (χ1) is 16.6. The van der Waals surface area contributed by atoms with Crippen LogP contribution in [0.25, 0.3) is 16.8 Å². The Labute approximate surface area is 205 Å². The van der Waals surface area contributed by atoms with Gasteiger partial charge < -0.3 is 14.2 Å². The highest BCUT2D eigenvalue weighted by Gasteiger charge is 2.13. The van der Waals surface area contributed by atoms with E-state index in [0.29, 0.717) is 22.4 Å². The van der Waals surface area contributed by atoms with Crippen LogP contribution in [0.15, 0.2) is 65.0 Å². The van der Waals surface area contributed by atoms with Crippen molar-refractivity contribution in [3.63, 3.8) is 0 Å². The minimum Gasteiger partial charge on any atom is -0.493 e. The molecule has 0 spiro atoms. The first-order valence-corrected chi connectivity index (χ1v) is 12.1. The summed E-state index contributed by atoms with van der Waals surface area (Å²) in [6, 6.07) is 18.1. The molecule has 0 bridgehead atoms. The summed E-state index contributed by atoms with van der Waals surface area (Å²) in [5.41, 5.74) is 1.96. The zero-order chi connectivity index (χ0) is 23.9. The van der Waals surface area contributed by atoms with Crippen molar-refractivity contribution < 1.29 is 19.0 Å². The van der Waals surface area contributed by atoms with Crippen molar-refractivity contribution in [1.29, 1.82) is 0 Å². The van der Waals surface area contributed by atoms with Crippen LogP contribution in [0.1, 0.15) is 11.1 Å². The van der Waals surface area contributed by atoms with Crippen molar-refractivity contribution in [2.75, 3.05) is 26.6 Å². The molecule has 0 saturated heterocycles. The summed E-state index contributed by atoms with van der Waals surface area (Å²) >= 11 is 2.94. The number of benzene rings is 3. The van der Waals surface area contributed by atoms with Gasteiger partial charge in [-0.2, -0.15) is 0 Å². The van der Waals surface area contributed by atoms with Gasteiger partial charge in [-0.3, -0.25) is 10.1 Å². The summed E-state index contributed by atoms with van der Waals surface area (Å²) in [5.74, 6) is 1.98. The van der Waals surface area contributed by atoms with E-state index in [9.17, 15) is 4.79 Å². The lowest BCUT2D eigenvalue weighted by atomic mass is 10.1. The van der Waals surface area contributed by atoms with Gasteiger partial charge in [0.15, 0.2) is 15.8 Å². The largest absolute Gasteiger partial charge is 0.493 e. The molecule has 9 heteroatoms. The van der Waals surface area contributed by atoms with Gasteiger partial charge in [0.1, 0.15) is 0 Å². The molecule has 4 aromatic rings. The number of nitrogens with one attached hydrogen (secondary N) is 1. The van der Waals surface area contributed by atoms with E-state index in [1.165, 1.54) is 33.7 Å². The van der Waals surface area contributed by atoms with E-state index in [4.69, 9.17) is 14.2 Å². The van der Waals surface area contributed by atoms with E-state index < -0.39 is 0 Å². The normalized spacial score (nSPS) is 11.0. The highest BCUT2D eigenvalue weighted by Crippen LogP contribution is 2.38. The van der Waals surface area contributed by atoms with Crippen molar-refractivity contribution in [3.05, 3.63) is 71.8 Å². The molecular formula is C25H23N3O4S2. The van der Waals surface area contributed by atoms with Gasteiger partial charge in [-0.15, -0.1) is 10.2 Å². The summed E-state index contributed by atoms with van der Waals surface area (Å²) in [6.45, 7) is 0. The lowest BCUT2D eigenvalue weighted by molar-refractivity contribution is -0.111. The molecule has 0 saturated carbocycles. The molecule has 1 heterocycles. The van der Waals surface area contributed by atoms with E-state index in [2.05, 4.69) is 45.8 Å². The zero-order valence-corrected chi connectivity index (χ0v) is 20.5. The Hall–Kier alpha value is -3.56. The van der Waals surface area contributed by atoms with E-state index in [0.717, 1.165) is 15.7 Å². The average molecular weight is 494 g/mol. The fraction of sp³-hybridized carbons (Fsp3) is 0.160. The fourth-order valence-electron chi connectivity index (χ4n) is 3.39.